The average molecular weight is 650 g/mol. The number of para-hydroxylation sites is 1. The van der Waals surface area contributed by atoms with Crippen molar-refractivity contribution in [2.24, 2.45) is 0 Å². The van der Waals surface area contributed by atoms with Crippen LogP contribution in [0.25, 0.3) is 5.76 Å². The smallest absolute Gasteiger partial charge is 0.301 e. The van der Waals surface area contributed by atoms with E-state index in [1.165, 1.54) is 28.0 Å². The third-order valence-corrected chi connectivity index (χ3v) is 9.43. The molecule has 1 aliphatic heterocycles. The Labute approximate surface area is 275 Å². The molecule has 8 nitrogen and oxygen atoms in total. The molecule has 0 aliphatic carbocycles. The number of amides is 1. The van der Waals surface area contributed by atoms with Gasteiger partial charge in [0.2, 0.25) is 5.13 Å². The molecule has 0 saturated carbocycles. The molecule has 46 heavy (non-hydrogen) atoms. The average Bonchev–Trinajstić information content (AvgIpc) is 3.66. The second-order valence-electron chi connectivity index (χ2n) is 10.5. The number of hydrogen-bond donors (Lipinski definition) is 1. The molecule has 1 aromatic heterocycles. The summed E-state index contributed by atoms with van der Waals surface area (Å²) < 4.78 is 12.5. The number of carbonyl (C=O) groups is 2. The maximum absolute atomic E-state index is 13.7. The lowest BCUT2D eigenvalue weighted by atomic mass is 9.95. The lowest BCUT2D eigenvalue weighted by molar-refractivity contribution is -0.132. The number of unbranched alkanes of at least 4 members (excludes halogenated alkanes) is 1. The molecule has 1 amide bonds. The van der Waals surface area contributed by atoms with Gasteiger partial charge in [-0.1, -0.05) is 97.1 Å². The minimum Gasteiger partial charge on any atom is -0.507 e. The fourth-order valence-electron chi connectivity index (χ4n) is 4.99. The summed E-state index contributed by atoms with van der Waals surface area (Å²) in [6.45, 7) is 2.67. The van der Waals surface area contributed by atoms with Crippen molar-refractivity contribution in [3.63, 3.8) is 0 Å². The Morgan fingerprint density at radius 3 is 2.33 bits per heavy atom. The number of aromatic nitrogens is 2. The van der Waals surface area contributed by atoms with Crippen LogP contribution < -0.4 is 14.4 Å². The molecule has 1 aliphatic rings. The Morgan fingerprint density at radius 1 is 0.870 bits per heavy atom. The molecular weight excluding hydrogens is 619 g/mol. The standard InChI is InChI=1S/C36H31N3O5S2/c1-2-3-21-43-27-19-17-25(18-20-27)32(40)30-31(26-13-10-16-29(22-26)44-28-14-8-5-9-15-28)39(34(42)33(30)41)35-37-38-36(46-35)45-23-24-11-6-4-7-12-24/h4-20,22,31,40H,2-3,21,23H2,1H3/b32-30+. The van der Waals surface area contributed by atoms with Crippen LogP contribution >= 0.6 is 23.1 Å². The number of anilines is 1. The van der Waals surface area contributed by atoms with Gasteiger partial charge in [-0.25, -0.2) is 0 Å². The number of rotatable bonds is 12. The summed E-state index contributed by atoms with van der Waals surface area (Å²) in [7, 11) is 0. The molecule has 1 saturated heterocycles. The number of ether oxygens (including phenoxy) is 2. The Hall–Kier alpha value is -4.93. The summed E-state index contributed by atoms with van der Waals surface area (Å²) >= 11 is 2.72. The highest BCUT2D eigenvalue weighted by molar-refractivity contribution is 8.00. The van der Waals surface area contributed by atoms with Crippen LogP contribution in [0.5, 0.6) is 17.2 Å². The van der Waals surface area contributed by atoms with Gasteiger partial charge in [-0.3, -0.25) is 14.5 Å². The third-order valence-electron chi connectivity index (χ3n) is 7.30. The van der Waals surface area contributed by atoms with Gasteiger partial charge in [0, 0.05) is 11.3 Å². The van der Waals surface area contributed by atoms with Crippen LogP contribution in [0.3, 0.4) is 0 Å². The summed E-state index contributed by atoms with van der Waals surface area (Å²) in [4.78, 5) is 28.7. The fraction of sp³-hybridized carbons (Fsp3) is 0.167. The first-order valence-electron chi connectivity index (χ1n) is 14.9. The van der Waals surface area contributed by atoms with E-state index in [0.29, 0.717) is 45.1 Å². The lowest BCUT2D eigenvalue weighted by Crippen LogP contribution is -2.29. The molecule has 5 aromatic rings. The molecule has 4 aromatic carbocycles. The van der Waals surface area contributed by atoms with Crippen LogP contribution in [0.1, 0.15) is 42.5 Å². The summed E-state index contributed by atoms with van der Waals surface area (Å²) in [5.41, 5.74) is 2.04. The Morgan fingerprint density at radius 2 is 1.59 bits per heavy atom. The van der Waals surface area contributed by atoms with Crippen molar-refractivity contribution in [2.75, 3.05) is 11.5 Å². The second-order valence-corrected chi connectivity index (χ2v) is 12.7. The molecule has 1 N–H and O–H groups in total. The van der Waals surface area contributed by atoms with E-state index in [2.05, 4.69) is 17.1 Å². The van der Waals surface area contributed by atoms with Gasteiger partial charge in [0.05, 0.1) is 18.2 Å². The van der Waals surface area contributed by atoms with E-state index < -0.39 is 17.7 Å². The SMILES string of the molecule is CCCCOc1ccc(/C(O)=C2\C(=O)C(=O)N(c3nnc(SCc4ccccc4)s3)C2c2cccc(Oc3ccccc3)c2)cc1. The van der Waals surface area contributed by atoms with Crippen molar-refractivity contribution in [3.05, 3.63) is 131 Å². The quantitative estimate of drug-likeness (QED) is 0.0359. The maximum atomic E-state index is 13.7. The number of Topliss-reactive ketones (excluding diaryl/α,β-unsaturated/α-hetero) is 1. The van der Waals surface area contributed by atoms with Crippen molar-refractivity contribution >= 4 is 45.7 Å². The number of nitrogens with zero attached hydrogens (tertiary/aromatic N) is 3. The first kappa shape index (κ1) is 31.1. The van der Waals surface area contributed by atoms with Crippen molar-refractivity contribution < 1.29 is 24.2 Å². The number of thioether (sulfide) groups is 1. The van der Waals surface area contributed by atoms with Gasteiger partial charge in [-0.05, 0) is 66.1 Å². The van der Waals surface area contributed by atoms with E-state index in [9.17, 15) is 14.7 Å². The highest BCUT2D eigenvalue weighted by Crippen LogP contribution is 2.45. The van der Waals surface area contributed by atoms with E-state index in [-0.39, 0.29) is 16.5 Å². The highest BCUT2D eigenvalue weighted by Gasteiger charge is 2.48. The minimum atomic E-state index is -0.972. The predicted octanol–water partition coefficient (Wildman–Crippen LogP) is 8.43. The number of carbonyl (C=O) groups excluding carboxylic acids is 2. The first-order chi connectivity index (χ1) is 22.5. The number of hydrogen-bond acceptors (Lipinski definition) is 9. The largest absolute Gasteiger partial charge is 0.507 e. The Kier molecular flexibility index (Phi) is 9.76. The number of aliphatic hydroxyl groups excluding tert-OH is 1. The van der Waals surface area contributed by atoms with Gasteiger partial charge < -0.3 is 14.6 Å². The third kappa shape index (κ3) is 6.98. The maximum Gasteiger partial charge on any atom is 0.301 e. The molecule has 6 rings (SSSR count). The Bertz CT molecular complexity index is 1840. The molecule has 10 heteroatoms. The van der Waals surface area contributed by atoms with Crippen LogP contribution in [0.2, 0.25) is 0 Å². The summed E-state index contributed by atoms with van der Waals surface area (Å²) in [5.74, 6) is 0.587. The van der Waals surface area contributed by atoms with Crippen LogP contribution in [0.15, 0.2) is 119 Å². The van der Waals surface area contributed by atoms with Gasteiger partial charge in [-0.15, -0.1) is 10.2 Å². The number of aliphatic hydroxyl groups is 1. The van der Waals surface area contributed by atoms with Crippen molar-refractivity contribution in [2.45, 2.75) is 35.9 Å². The van der Waals surface area contributed by atoms with Gasteiger partial charge in [0.25, 0.3) is 5.78 Å². The van der Waals surface area contributed by atoms with E-state index >= 15 is 0 Å². The second kappa shape index (κ2) is 14.4. The topological polar surface area (TPSA) is 102 Å². The molecule has 232 valence electrons. The van der Waals surface area contributed by atoms with Gasteiger partial charge in [0.1, 0.15) is 23.0 Å². The van der Waals surface area contributed by atoms with Crippen LogP contribution in [-0.2, 0) is 15.3 Å². The molecule has 0 spiro atoms. The van der Waals surface area contributed by atoms with Crippen LogP contribution in [0.4, 0.5) is 5.13 Å². The minimum absolute atomic E-state index is 0.0461. The molecule has 1 unspecified atom stereocenters. The van der Waals surface area contributed by atoms with Crippen molar-refractivity contribution in [1.82, 2.24) is 10.2 Å². The summed E-state index contributed by atoms with van der Waals surface area (Å²) in [5, 5.41) is 20.5. The van der Waals surface area contributed by atoms with E-state index in [0.717, 1.165) is 18.4 Å². The molecular formula is C36H31N3O5S2. The normalized spacial score (nSPS) is 15.7. The molecule has 1 atom stereocenters. The fourth-order valence-corrected chi connectivity index (χ4v) is 6.82. The highest BCUT2D eigenvalue weighted by atomic mass is 32.2. The van der Waals surface area contributed by atoms with Gasteiger partial charge in [0.15, 0.2) is 4.34 Å². The monoisotopic (exact) mass is 649 g/mol. The number of ketones is 1. The zero-order valence-corrected chi connectivity index (χ0v) is 26.7. The summed E-state index contributed by atoms with van der Waals surface area (Å²) in [6.07, 6.45) is 1.94. The van der Waals surface area contributed by atoms with Crippen molar-refractivity contribution in [3.8, 4) is 17.2 Å². The molecule has 0 bridgehead atoms. The summed E-state index contributed by atoms with van der Waals surface area (Å²) in [6, 6.07) is 32.3. The van der Waals surface area contributed by atoms with Crippen molar-refractivity contribution in [1.29, 1.82) is 0 Å². The van der Waals surface area contributed by atoms with E-state index in [4.69, 9.17) is 9.47 Å². The molecule has 2 heterocycles. The Balaban J connectivity index is 1.37. The molecule has 0 radical (unpaired) electrons. The number of benzene rings is 4. The van der Waals surface area contributed by atoms with E-state index in [1.807, 2.05) is 60.7 Å². The van der Waals surface area contributed by atoms with Gasteiger partial charge >= 0.3 is 5.91 Å². The van der Waals surface area contributed by atoms with Crippen LogP contribution in [-0.4, -0.2) is 33.6 Å². The molecule has 1 fully saturated rings. The van der Waals surface area contributed by atoms with Gasteiger partial charge in [-0.2, -0.15) is 0 Å². The van der Waals surface area contributed by atoms with Crippen LogP contribution in [0, 0.1) is 0 Å². The van der Waals surface area contributed by atoms with E-state index in [1.54, 1.807) is 48.5 Å². The predicted molar refractivity (Wildman–Crippen MR) is 180 cm³/mol. The first-order valence-corrected chi connectivity index (χ1v) is 16.7. The zero-order chi connectivity index (χ0) is 31.9. The zero-order valence-electron chi connectivity index (χ0n) is 25.0. The lowest BCUT2D eigenvalue weighted by Gasteiger charge is -2.23.